The van der Waals surface area contributed by atoms with Crippen LogP contribution in [0.5, 0.6) is 0 Å². The molecule has 144 valence electrons. The smallest absolute Gasteiger partial charge is 0.281 e. The molecule has 1 N–H and O–H groups in total. The number of nitrogens with zero attached hydrogens (tertiary/aromatic N) is 3. The van der Waals surface area contributed by atoms with Crippen molar-refractivity contribution in [2.75, 3.05) is 0 Å². The Balaban J connectivity index is 1.82. The minimum atomic E-state index is -0.536. The van der Waals surface area contributed by atoms with Gasteiger partial charge in [0, 0.05) is 17.3 Å². The molecular weight excluding hydrogens is 396 g/mol. The van der Waals surface area contributed by atoms with Gasteiger partial charge in [0.1, 0.15) is 6.04 Å². The van der Waals surface area contributed by atoms with Crippen molar-refractivity contribution in [1.29, 1.82) is 0 Å². The Bertz CT molecular complexity index is 1060. The molecule has 0 bridgehead atoms. The van der Waals surface area contributed by atoms with Crippen molar-refractivity contribution in [3.63, 3.8) is 0 Å². The second kappa shape index (κ2) is 8.95. The van der Waals surface area contributed by atoms with Crippen molar-refractivity contribution < 1.29 is 9.59 Å². The number of halogens is 1. The number of hydrogen-bond acceptors (Lipinski definition) is 4. The average Bonchev–Trinajstić information content (AvgIpc) is 3.06. The van der Waals surface area contributed by atoms with Gasteiger partial charge in [-0.3, -0.25) is 14.6 Å². The van der Waals surface area contributed by atoms with Crippen LogP contribution < -0.4 is 10.1 Å². The largest absolute Gasteiger partial charge is 0.349 e. The molecule has 2 amide bonds. The van der Waals surface area contributed by atoms with E-state index in [-0.39, 0.29) is 5.91 Å². The number of carbonyl (C=O) groups excluding carboxylic acids is 2. The van der Waals surface area contributed by atoms with Crippen molar-refractivity contribution in [1.82, 2.24) is 14.9 Å². The van der Waals surface area contributed by atoms with Crippen LogP contribution in [0.15, 0.2) is 59.9 Å². The summed E-state index contributed by atoms with van der Waals surface area (Å²) in [5.74, 6) is -0.627. The summed E-state index contributed by atoms with van der Waals surface area (Å²) >= 11 is 7.43. The molecular formula is C20H19ClN4O2S. The van der Waals surface area contributed by atoms with Crippen LogP contribution in [-0.4, -0.2) is 21.4 Å². The Morgan fingerprint density at radius 1 is 1.25 bits per heavy atom. The lowest BCUT2D eigenvalue weighted by Crippen LogP contribution is -2.34. The number of nitrogens with one attached hydrogen (secondary N) is 1. The number of amides is 2. The number of rotatable bonds is 5. The molecule has 0 saturated heterocycles. The predicted molar refractivity (Wildman–Crippen MR) is 109 cm³/mol. The summed E-state index contributed by atoms with van der Waals surface area (Å²) in [7, 11) is 0. The van der Waals surface area contributed by atoms with E-state index in [1.165, 1.54) is 11.3 Å². The fraction of sp³-hybridized carbons (Fsp3) is 0.200. The van der Waals surface area contributed by atoms with Gasteiger partial charge >= 0.3 is 0 Å². The van der Waals surface area contributed by atoms with E-state index in [4.69, 9.17) is 11.6 Å². The molecule has 3 rings (SSSR count). The zero-order chi connectivity index (χ0) is 20.1. The van der Waals surface area contributed by atoms with E-state index < -0.39 is 11.9 Å². The molecule has 0 aliphatic heterocycles. The normalized spacial score (nSPS) is 12.6. The Hall–Kier alpha value is -2.77. The summed E-state index contributed by atoms with van der Waals surface area (Å²) < 4.78 is 1.70. The number of aryl methyl sites for hydroxylation is 1. The Kier molecular flexibility index (Phi) is 6.38. The second-order valence-electron chi connectivity index (χ2n) is 6.14. The van der Waals surface area contributed by atoms with E-state index in [0.29, 0.717) is 21.9 Å². The number of benzene rings is 1. The number of carbonyl (C=O) groups is 2. The lowest BCUT2D eigenvalue weighted by Gasteiger charge is -2.13. The summed E-state index contributed by atoms with van der Waals surface area (Å²) in [6.07, 6.45) is 3.49. The molecule has 0 aliphatic carbocycles. The van der Waals surface area contributed by atoms with E-state index in [1.807, 2.05) is 31.3 Å². The summed E-state index contributed by atoms with van der Waals surface area (Å²) in [5, 5.41) is 3.21. The number of hydrogen-bond donors (Lipinski definition) is 1. The second-order valence-corrected chi connectivity index (χ2v) is 7.76. The van der Waals surface area contributed by atoms with Crippen LogP contribution >= 0.6 is 22.9 Å². The molecule has 1 atom stereocenters. The summed E-state index contributed by atoms with van der Waals surface area (Å²) in [6.45, 7) is 4.00. The van der Waals surface area contributed by atoms with Gasteiger partial charge in [-0.15, -0.1) is 11.3 Å². The Labute approximate surface area is 171 Å². The molecule has 2 aromatic heterocycles. The van der Waals surface area contributed by atoms with Crippen molar-refractivity contribution >= 4 is 34.8 Å². The minimum absolute atomic E-state index is 0.185. The summed E-state index contributed by atoms with van der Waals surface area (Å²) in [5.41, 5.74) is 1.10. The first-order valence-electron chi connectivity index (χ1n) is 8.65. The van der Waals surface area contributed by atoms with Gasteiger partial charge in [-0.05, 0) is 38.1 Å². The quantitative estimate of drug-likeness (QED) is 0.693. The van der Waals surface area contributed by atoms with Crippen molar-refractivity contribution in [3.05, 3.63) is 80.8 Å². The lowest BCUT2D eigenvalue weighted by molar-refractivity contribution is -0.124. The molecule has 6 nitrogen and oxygen atoms in total. The molecule has 0 fully saturated rings. The van der Waals surface area contributed by atoms with Crippen molar-refractivity contribution in [2.24, 2.45) is 4.99 Å². The first-order valence-corrected chi connectivity index (χ1v) is 9.85. The third-order valence-electron chi connectivity index (χ3n) is 4.06. The van der Waals surface area contributed by atoms with Crippen LogP contribution in [0.4, 0.5) is 0 Å². The Morgan fingerprint density at radius 3 is 2.71 bits per heavy atom. The average molecular weight is 415 g/mol. The van der Waals surface area contributed by atoms with Crippen LogP contribution in [-0.2, 0) is 11.3 Å². The molecule has 0 unspecified atom stereocenters. The SMILES string of the molecule is Cc1cn([C@H](C)C(=O)NCc2ccccn2)c(=NC(=O)c2ccccc2Cl)s1. The van der Waals surface area contributed by atoms with Crippen LogP contribution in [0.25, 0.3) is 0 Å². The van der Waals surface area contributed by atoms with Crippen LogP contribution in [0.1, 0.15) is 33.9 Å². The molecule has 28 heavy (non-hydrogen) atoms. The highest BCUT2D eigenvalue weighted by Crippen LogP contribution is 2.16. The molecule has 0 saturated carbocycles. The van der Waals surface area contributed by atoms with E-state index >= 15 is 0 Å². The predicted octanol–water partition coefficient (Wildman–Crippen LogP) is 3.52. The third kappa shape index (κ3) is 4.74. The van der Waals surface area contributed by atoms with Crippen LogP contribution in [0.2, 0.25) is 5.02 Å². The van der Waals surface area contributed by atoms with E-state index in [2.05, 4.69) is 15.3 Å². The Morgan fingerprint density at radius 2 is 2.00 bits per heavy atom. The van der Waals surface area contributed by atoms with E-state index in [0.717, 1.165) is 10.6 Å². The molecule has 2 heterocycles. The maximum Gasteiger partial charge on any atom is 0.281 e. The number of pyridine rings is 1. The minimum Gasteiger partial charge on any atom is -0.349 e. The van der Waals surface area contributed by atoms with Crippen LogP contribution in [0, 0.1) is 6.92 Å². The zero-order valence-electron chi connectivity index (χ0n) is 15.4. The highest BCUT2D eigenvalue weighted by molar-refractivity contribution is 7.09. The third-order valence-corrected chi connectivity index (χ3v) is 5.30. The van der Waals surface area contributed by atoms with Gasteiger partial charge in [-0.25, -0.2) is 0 Å². The maximum atomic E-state index is 12.6. The fourth-order valence-corrected chi connectivity index (χ4v) is 3.68. The molecule has 0 radical (unpaired) electrons. The first-order chi connectivity index (χ1) is 13.5. The highest BCUT2D eigenvalue weighted by Gasteiger charge is 2.18. The van der Waals surface area contributed by atoms with Crippen LogP contribution in [0.3, 0.4) is 0 Å². The first kappa shape index (κ1) is 20.0. The van der Waals surface area contributed by atoms with Gasteiger partial charge in [0.25, 0.3) is 5.91 Å². The molecule has 0 spiro atoms. The zero-order valence-corrected chi connectivity index (χ0v) is 17.0. The molecule has 0 aliphatic rings. The van der Waals surface area contributed by atoms with Gasteiger partial charge in [-0.1, -0.05) is 29.8 Å². The van der Waals surface area contributed by atoms with Gasteiger partial charge in [0.15, 0.2) is 4.80 Å². The highest BCUT2D eigenvalue weighted by atomic mass is 35.5. The van der Waals surface area contributed by atoms with Gasteiger partial charge in [-0.2, -0.15) is 4.99 Å². The molecule has 8 heteroatoms. The van der Waals surface area contributed by atoms with Gasteiger partial charge < -0.3 is 9.88 Å². The van der Waals surface area contributed by atoms with Crippen molar-refractivity contribution in [3.8, 4) is 0 Å². The van der Waals surface area contributed by atoms with Gasteiger partial charge in [0.2, 0.25) is 5.91 Å². The van der Waals surface area contributed by atoms with E-state index in [9.17, 15) is 9.59 Å². The number of aromatic nitrogens is 2. The lowest BCUT2D eigenvalue weighted by atomic mass is 10.2. The molecule has 3 aromatic rings. The standard InChI is InChI=1S/C20H19ClN4O2S/c1-13-12-25(14(2)18(26)23-11-15-7-5-6-10-22-15)20(28-13)24-19(27)16-8-3-4-9-17(16)21/h3-10,12,14H,11H2,1-2H3,(H,23,26)/t14-/m1/s1. The number of thiazole rings is 1. The molecule has 1 aromatic carbocycles. The maximum absolute atomic E-state index is 12.6. The van der Waals surface area contributed by atoms with Gasteiger partial charge in [0.05, 0.1) is 22.8 Å². The monoisotopic (exact) mass is 414 g/mol. The topological polar surface area (TPSA) is 76.3 Å². The summed E-state index contributed by atoms with van der Waals surface area (Å²) in [6, 6.07) is 11.8. The van der Waals surface area contributed by atoms with E-state index in [1.54, 1.807) is 42.0 Å². The fourth-order valence-electron chi connectivity index (χ4n) is 2.57. The summed E-state index contributed by atoms with van der Waals surface area (Å²) in [4.78, 5) is 34.9. The van der Waals surface area contributed by atoms with Crippen molar-refractivity contribution in [2.45, 2.75) is 26.4 Å².